The number of aryl methyl sites for hydroxylation is 2. The number of nitrogens with zero attached hydrogens (tertiary/aromatic N) is 5. The molecule has 10 aromatic rings. The molecule has 5 aliphatic heterocycles. The topological polar surface area (TPSA) is 256 Å². The number of hydrogen-bond donors (Lipinski definition) is 4. The van der Waals surface area contributed by atoms with Crippen molar-refractivity contribution in [1.82, 2.24) is 35.1 Å². The zero-order valence-electron chi connectivity index (χ0n) is 60.7. The molecule has 2 aromatic heterocycles. The standard InChI is InChI=1S/C42H42N4O7S.C27H28N2O3S.C16H15NO5/c1-27-5-7-28(8-6-27)40-39(33-14-9-29(47)25-37(33)54-40)53-31-12-10-30(11-13-31)51-23-21-44-17-19-45(20-18-44)22-24-52-36-4-2-3-32-34(36)26-46(42(32)50)35-15-16-38(48)43-41(35)49;1-19-2-4-20(5-3-19)27-26(24-11-6-21(30)18-25(24)33-27)32-23-9-7-22(8-10-23)31-17-16-29-14-12-28-13-15-29;18-6-7-22-15-3-1-2-11-12(15)9-17(16(11)21)13-5-4-10(19)8-14(13)20/h2-14,25,35,47H,15-24,26H2,1H3,(H,43,48,49);2-11,18,28,30H,12-17H2,1H3;1-3,6,13H,4-5,7-9H2. The summed E-state index contributed by atoms with van der Waals surface area (Å²) in [4.78, 5) is 95.8. The number of ketones is 2. The second-order valence-corrected chi connectivity index (χ2v) is 29.8. The number of hydrogen-bond acceptors (Lipinski definition) is 21. The van der Waals surface area contributed by atoms with Gasteiger partial charge in [-0.25, -0.2) is 0 Å². The smallest absolute Gasteiger partial charge is 0.255 e. The Morgan fingerprint density at radius 1 is 0.495 bits per heavy atom. The summed E-state index contributed by atoms with van der Waals surface area (Å²) in [6, 6.07) is 52.5. The SMILES string of the molecule is Cc1ccc(-c2sc3cc(O)ccc3c2Oc2ccc(OCCN3CCN(CCOc4cccc5c4CN(C4CCC(=O)NC4=O)C5=O)CC3)cc2)cc1.Cc1ccc(-c2sc3cc(O)ccc3c2Oc2ccc(OCCN3CCNCC3)cc2)cc1.O=CCOc1cccc2c1CN(C1CCC(=O)CC1=O)C2=O. The van der Waals surface area contributed by atoms with Crippen molar-refractivity contribution in [2.45, 2.75) is 71.1 Å². The van der Waals surface area contributed by atoms with E-state index in [0.29, 0.717) is 85.9 Å². The highest BCUT2D eigenvalue weighted by molar-refractivity contribution is 7.23. The van der Waals surface area contributed by atoms with Crippen LogP contribution in [0.15, 0.2) is 170 Å². The Kier molecular flexibility index (Phi) is 23.7. The predicted octanol–water partition coefficient (Wildman–Crippen LogP) is 12.8. The molecule has 24 heteroatoms. The predicted molar refractivity (Wildman–Crippen MR) is 417 cm³/mol. The minimum absolute atomic E-state index is 0.0691. The lowest BCUT2D eigenvalue weighted by molar-refractivity contribution is -0.137. The Bertz CT molecular complexity index is 4980. The van der Waals surface area contributed by atoms with E-state index in [2.05, 4.69) is 87.7 Å². The van der Waals surface area contributed by atoms with Crippen LogP contribution in [-0.4, -0.2) is 187 Å². The summed E-state index contributed by atoms with van der Waals surface area (Å²) < 4.78 is 38.4. The van der Waals surface area contributed by atoms with Gasteiger partial charge in [0.15, 0.2) is 23.6 Å². The molecule has 1 saturated carbocycles. The summed E-state index contributed by atoms with van der Waals surface area (Å²) in [5.41, 5.74) is 7.12. The molecular formula is C85H85N7O15S2. The van der Waals surface area contributed by atoms with Gasteiger partial charge in [0, 0.05) is 127 Å². The second kappa shape index (κ2) is 34.5. The molecular weight excluding hydrogens is 1420 g/mol. The molecule has 0 bridgehead atoms. The molecule has 7 heterocycles. The summed E-state index contributed by atoms with van der Waals surface area (Å²) in [7, 11) is 0. The number of fused-ring (bicyclic) bond motifs is 4. The molecule has 1 aliphatic carbocycles. The first kappa shape index (κ1) is 74.8. The Morgan fingerprint density at radius 2 is 0.945 bits per heavy atom. The normalized spacial score (nSPS) is 17.4. The third kappa shape index (κ3) is 17.9. The number of nitrogens with one attached hydrogen (secondary N) is 2. The number of benzene rings is 8. The number of rotatable bonds is 23. The number of carbonyl (C=O) groups excluding carboxylic acids is 7. The Labute approximate surface area is 639 Å². The van der Waals surface area contributed by atoms with Gasteiger partial charge in [0.05, 0.1) is 35.3 Å². The van der Waals surface area contributed by atoms with E-state index in [1.807, 2.05) is 72.8 Å². The number of imide groups is 1. The van der Waals surface area contributed by atoms with E-state index in [1.54, 1.807) is 76.1 Å². The number of amides is 4. The molecule has 22 nitrogen and oxygen atoms in total. The van der Waals surface area contributed by atoms with Gasteiger partial charge in [0.2, 0.25) is 11.8 Å². The minimum Gasteiger partial charge on any atom is -0.508 e. The quantitative estimate of drug-likeness (QED) is 0.0264. The van der Waals surface area contributed by atoms with Gasteiger partial charge in [-0.3, -0.25) is 53.6 Å². The van der Waals surface area contributed by atoms with Gasteiger partial charge in [-0.2, -0.15) is 0 Å². The molecule has 562 valence electrons. The van der Waals surface area contributed by atoms with Crippen molar-refractivity contribution in [1.29, 1.82) is 0 Å². The molecule has 109 heavy (non-hydrogen) atoms. The summed E-state index contributed by atoms with van der Waals surface area (Å²) in [5, 5.41) is 27.7. The fourth-order valence-electron chi connectivity index (χ4n) is 14.3. The van der Waals surface area contributed by atoms with Crippen LogP contribution in [0.4, 0.5) is 0 Å². The molecule has 4 amide bonds. The van der Waals surface area contributed by atoms with Crippen LogP contribution in [0.1, 0.15) is 75.1 Å². The van der Waals surface area contributed by atoms with E-state index < -0.39 is 18.0 Å². The largest absolute Gasteiger partial charge is 0.508 e. The van der Waals surface area contributed by atoms with Crippen molar-refractivity contribution in [3.63, 3.8) is 0 Å². The number of piperidine rings is 1. The zero-order chi connectivity index (χ0) is 75.5. The van der Waals surface area contributed by atoms with E-state index in [1.165, 1.54) is 16.0 Å². The molecule has 8 aromatic carbocycles. The number of Topliss-reactive ketones (excluding diaryl/α,β-unsaturated/α-hetero) is 2. The highest BCUT2D eigenvalue weighted by Gasteiger charge is 2.42. The highest BCUT2D eigenvalue weighted by Crippen LogP contribution is 2.49. The molecule has 6 aliphatic rings. The summed E-state index contributed by atoms with van der Waals surface area (Å²) in [5.74, 6) is 4.91. The van der Waals surface area contributed by atoms with Gasteiger partial charge in [0.1, 0.15) is 84.2 Å². The average molecular weight is 1510 g/mol. The minimum atomic E-state index is -0.646. The van der Waals surface area contributed by atoms with Crippen LogP contribution in [0.3, 0.4) is 0 Å². The number of phenolic OH excluding ortho intramolecular Hbond substituents is 2. The van der Waals surface area contributed by atoms with Crippen molar-refractivity contribution >= 4 is 84.3 Å². The van der Waals surface area contributed by atoms with Crippen molar-refractivity contribution < 1.29 is 72.2 Å². The molecule has 0 radical (unpaired) electrons. The van der Waals surface area contributed by atoms with Crippen LogP contribution in [0.5, 0.6) is 57.5 Å². The van der Waals surface area contributed by atoms with E-state index >= 15 is 0 Å². The molecule has 0 spiro atoms. The molecule has 2 unspecified atom stereocenters. The van der Waals surface area contributed by atoms with Gasteiger partial charge in [-0.05, 0) is 147 Å². The van der Waals surface area contributed by atoms with Gasteiger partial charge in [0.25, 0.3) is 11.8 Å². The Balaban J connectivity index is 0.000000152. The monoisotopic (exact) mass is 1510 g/mol. The average Bonchev–Trinajstić information content (AvgIpc) is 1.65. The number of aromatic hydroxyl groups is 2. The van der Waals surface area contributed by atoms with E-state index in [4.69, 9.17) is 28.4 Å². The van der Waals surface area contributed by atoms with Gasteiger partial charge >= 0.3 is 0 Å². The lowest BCUT2D eigenvalue weighted by Gasteiger charge is -2.34. The van der Waals surface area contributed by atoms with Crippen LogP contribution in [0.25, 0.3) is 41.1 Å². The van der Waals surface area contributed by atoms with Gasteiger partial charge in [-0.15, -0.1) is 22.7 Å². The fraction of sp³-hybridized carbons (Fsp3) is 0.306. The summed E-state index contributed by atoms with van der Waals surface area (Å²) in [6.07, 6.45) is 1.81. The van der Waals surface area contributed by atoms with E-state index in [-0.39, 0.29) is 66.8 Å². The van der Waals surface area contributed by atoms with Crippen molar-refractivity contribution in [3.8, 4) is 78.4 Å². The lowest BCUT2D eigenvalue weighted by Crippen LogP contribution is -2.52. The number of aldehydes is 1. The van der Waals surface area contributed by atoms with Crippen LogP contribution in [-0.2, 0) is 37.1 Å². The second-order valence-electron chi connectivity index (χ2n) is 27.7. The number of phenols is 2. The molecule has 4 fully saturated rings. The Morgan fingerprint density at radius 3 is 1.42 bits per heavy atom. The number of thiophene rings is 2. The molecule has 2 atom stereocenters. The molecule has 4 N–H and O–H groups in total. The lowest BCUT2D eigenvalue weighted by atomic mass is 9.92. The van der Waals surface area contributed by atoms with Crippen LogP contribution in [0, 0.1) is 13.8 Å². The number of ether oxygens (including phenoxy) is 6. The fourth-order valence-corrected chi connectivity index (χ4v) is 16.7. The van der Waals surface area contributed by atoms with Crippen LogP contribution in [0.2, 0.25) is 0 Å². The first-order chi connectivity index (χ1) is 53.1. The molecule has 16 rings (SSSR count). The number of piperazine rings is 2. The first-order valence-electron chi connectivity index (χ1n) is 36.8. The van der Waals surface area contributed by atoms with Crippen molar-refractivity contribution in [2.75, 3.05) is 98.4 Å². The zero-order valence-corrected chi connectivity index (χ0v) is 62.3. The van der Waals surface area contributed by atoms with Gasteiger partial charge in [-0.1, -0.05) is 71.8 Å². The van der Waals surface area contributed by atoms with Gasteiger partial charge < -0.3 is 53.8 Å². The maximum atomic E-state index is 13.1. The first-order valence-corrected chi connectivity index (χ1v) is 38.5. The third-order valence-corrected chi connectivity index (χ3v) is 22.6. The maximum absolute atomic E-state index is 13.1. The third-order valence-electron chi connectivity index (χ3n) is 20.3. The van der Waals surface area contributed by atoms with Crippen molar-refractivity contribution in [3.05, 3.63) is 203 Å². The number of carbonyl (C=O) groups is 7. The Hall–Kier alpha value is -11.0. The maximum Gasteiger partial charge on any atom is 0.255 e. The highest BCUT2D eigenvalue weighted by atomic mass is 32.1. The van der Waals surface area contributed by atoms with E-state index in [0.717, 1.165) is 147 Å². The summed E-state index contributed by atoms with van der Waals surface area (Å²) >= 11 is 3.23. The van der Waals surface area contributed by atoms with Crippen LogP contribution < -0.4 is 39.1 Å². The molecule has 3 saturated heterocycles. The summed E-state index contributed by atoms with van der Waals surface area (Å²) in [6.45, 7) is 16.9. The van der Waals surface area contributed by atoms with Crippen LogP contribution >= 0.6 is 22.7 Å². The van der Waals surface area contributed by atoms with Crippen molar-refractivity contribution in [2.24, 2.45) is 0 Å². The van der Waals surface area contributed by atoms with E-state index in [9.17, 15) is 43.8 Å².